The van der Waals surface area contributed by atoms with Crippen LogP contribution in [0.2, 0.25) is 0 Å². The minimum Gasteiger partial charge on any atom is -0.435 e. The van der Waals surface area contributed by atoms with E-state index in [0.717, 1.165) is 5.56 Å². The number of carbonyl (C=O) groups excluding carboxylic acids is 3. The van der Waals surface area contributed by atoms with Crippen LogP contribution in [0.5, 0.6) is 11.6 Å². The first-order valence-corrected chi connectivity index (χ1v) is 13.4. The maximum absolute atomic E-state index is 15.0. The molecule has 1 atom stereocenters. The Morgan fingerprint density at radius 2 is 1.70 bits per heavy atom. The fourth-order valence-electron chi connectivity index (χ4n) is 5.10. The Morgan fingerprint density at radius 1 is 1.00 bits per heavy atom. The van der Waals surface area contributed by atoms with Crippen LogP contribution in [0.15, 0.2) is 54.6 Å². The summed E-state index contributed by atoms with van der Waals surface area (Å²) in [6.07, 6.45) is 0. The summed E-state index contributed by atoms with van der Waals surface area (Å²) in [7, 11) is 0. The van der Waals surface area contributed by atoms with E-state index in [0.29, 0.717) is 48.7 Å². The number of aromatic nitrogens is 1. The number of pyridine rings is 1. The Bertz CT molecular complexity index is 1460. The van der Waals surface area contributed by atoms with Gasteiger partial charge in [-0.05, 0) is 24.3 Å². The normalized spacial score (nSPS) is 16.6. The number of para-hydroxylation sites is 1. The molecule has 1 fully saturated rings. The van der Waals surface area contributed by atoms with Crippen molar-refractivity contribution in [3.05, 3.63) is 77.1 Å². The molecule has 5 rings (SSSR count). The average Bonchev–Trinajstić information content (AvgIpc) is 2.96. The second kappa shape index (κ2) is 10.8. The van der Waals surface area contributed by atoms with Crippen LogP contribution < -0.4 is 10.1 Å². The topological polar surface area (TPSA) is 97.8 Å². The maximum Gasteiger partial charge on any atom is 0.254 e. The van der Waals surface area contributed by atoms with E-state index >= 15 is 0 Å². The van der Waals surface area contributed by atoms with Crippen LogP contribution in [0.4, 0.5) is 4.39 Å². The molecule has 8 nitrogen and oxygen atoms in total. The predicted octanol–water partition coefficient (Wildman–Crippen LogP) is 4.92. The fourth-order valence-corrected chi connectivity index (χ4v) is 5.10. The van der Waals surface area contributed by atoms with Crippen molar-refractivity contribution in [2.24, 2.45) is 11.3 Å². The van der Waals surface area contributed by atoms with Gasteiger partial charge < -0.3 is 14.4 Å². The number of fused-ring (bicyclic) bond motifs is 2. The molecule has 0 bridgehead atoms. The van der Waals surface area contributed by atoms with Gasteiger partial charge in [0.25, 0.3) is 5.91 Å². The van der Waals surface area contributed by atoms with Gasteiger partial charge in [0.15, 0.2) is 11.6 Å². The van der Waals surface area contributed by atoms with E-state index in [1.165, 1.54) is 6.07 Å². The number of imide groups is 1. The standard InChI is InChI=1S/C31H32FN3O5/c1-18(2)27(36)34-30(38)31(3,4)25-21-6-5-7-23(32)26(21)40-28-22(25)12-13-24(33-28)19-8-10-20(11-9-19)29(37)35-14-16-39-17-15-35/h5-13,18,25H,14-17H2,1-4H3,(H,34,36,38)/t25-/m0/s1. The molecule has 2 aromatic carbocycles. The number of morpholine rings is 1. The molecule has 0 spiro atoms. The predicted molar refractivity (Wildman–Crippen MR) is 146 cm³/mol. The van der Waals surface area contributed by atoms with E-state index in [1.807, 2.05) is 24.3 Å². The number of rotatable bonds is 5. The highest BCUT2D eigenvalue weighted by Crippen LogP contribution is 2.52. The lowest BCUT2D eigenvalue weighted by atomic mass is 9.69. The number of hydrogen-bond donors (Lipinski definition) is 1. The maximum atomic E-state index is 15.0. The zero-order valence-electron chi connectivity index (χ0n) is 23.0. The molecule has 3 amide bonds. The number of ether oxygens (including phenoxy) is 2. The van der Waals surface area contributed by atoms with Gasteiger partial charge in [-0.3, -0.25) is 19.7 Å². The van der Waals surface area contributed by atoms with Crippen molar-refractivity contribution in [2.45, 2.75) is 33.6 Å². The quantitative estimate of drug-likeness (QED) is 0.489. The van der Waals surface area contributed by atoms with Crippen molar-refractivity contribution < 1.29 is 28.2 Å². The minimum atomic E-state index is -1.14. The van der Waals surface area contributed by atoms with E-state index in [1.54, 1.807) is 56.9 Å². The van der Waals surface area contributed by atoms with Crippen LogP contribution in [0.1, 0.15) is 55.1 Å². The van der Waals surface area contributed by atoms with E-state index < -0.39 is 23.1 Å². The highest BCUT2D eigenvalue weighted by atomic mass is 19.1. The smallest absolute Gasteiger partial charge is 0.254 e. The second-order valence-corrected chi connectivity index (χ2v) is 11.0. The Labute approximate surface area is 232 Å². The third-order valence-corrected chi connectivity index (χ3v) is 7.50. The molecule has 1 aromatic heterocycles. The van der Waals surface area contributed by atoms with Gasteiger partial charge in [-0.15, -0.1) is 0 Å². The van der Waals surface area contributed by atoms with Gasteiger partial charge in [-0.2, -0.15) is 0 Å². The first kappa shape index (κ1) is 27.5. The van der Waals surface area contributed by atoms with Crippen molar-refractivity contribution in [1.29, 1.82) is 0 Å². The largest absolute Gasteiger partial charge is 0.435 e. The molecule has 208 valence electrons. The third-order valence-electron chi connectivity index (χ3n) is 7.50. The number of carbonyl (C=O) groups is 3. The summed E-state index contributed by atoms with van der Waals surface area (Å²) in [6, 6.07) is 15.4. The van der Waals surface area contributed by atoms with Crippen molar-refractivity contribution >= 4 is 17.7 Å². The van der Waals surface area contributed by atoms with Crippen molar-refractivity contribution in [1.82, 2.24) is 15.2 Å². The SMILES string of the molecule is CC(C)C(=O)NC(=O)C(C)(C)[C@@H]1c2ccc(-c3ccc(C(=O)N4CCOCC4)cc3)nc2Oc2c(F)cccc21. The van der Waals surface area contributed by atoms with Crippen LogP contribution in [-0.2, 0) is 14.3 Å². The van der Waals surface area contributed by atoms with Gasteiger partial charge in [0.2, 0.25) is 17.7 Å². The van der Waals surface area contributed by atoms with Crippen LogP contribution in [0.3, 0.4) is 0 Å². The first-order valence-electron chi connectivity index (χ1n) is 13.4. The Kier molecular flexibility index (Phi) is 7.42. The van der Waals surface area contributed by atoms with Gasteiger partial charge in [0.05, 0.1) is 24.3 Å². The molecule has 0 saturated carbocycles. The minimum absolute atomic E-state index is 0.00664. The molecule has 9 heteroatoms. The van der Waals surface area contributed by atoms with E-state index in [4.69, 9.17) is 14.5 Å². The van der Waals surface area contributed by atoms with Crippen LogP contribution in [0.25, 0.3) is 11.3 Å². The number of hydrogen-bond acceptors (Lipinski definition) is 6. The molecule has 40 heavy (non-hydrogen) atoms. The number of halogens is 1. The lowest BCUT2D eigenvalue weighted by Crippen LogP contribution is -2.45. The zero-order valence-corrected chi connectivity index (χ0v) is 23.0. The van der Waals surface area contributed by atoms with Crippen LogP contribution in [-0.4, -0.2) is 53.9 Å². The van der Waals surface area contributed by atoms with Gasteiger partial charge >= 0.3 is 0 Å². The summed E-state index contributed by atoms with van der Waals surface area (Å²) in [5.74, 6) is -2.28. The highest BCUT2D eigenvalue weighted by molar-refractivity contribution is 5.99. The molecule has 1 N–H and O–H groups in total. The summed E-state index contributed by atoms with van der Waals surface area (Å²) in [6.45, 7) is 9.04. The zero-order chi connectivity index (χ0) is 28.6. The lowest BCUT2D eigenvalue weighted by molar-refractivity contribution is -0.137. The Morgan fingerprint density at radius 3 is 2.38 bits per heavy atom. The molecular weight excluding hydrogens is 513 g/mol. The van der Waals surface area contributed by atoms with Gasteiger partial charge in [-0.25, -0.2) is 9.37 Å². The first-order chi connectivity index (χ1) is 19.1. The van der Waals surface area contributed by atoms with Gasteiger partial charge in [0, 0.05) is 47.2 Å². The van der Waals surface area contributed by atoms with E-state index in [2.05, 4.69) is 5.32 Å². The number of nitrogens with one attached hydrogen (secondary N) is 1. The van der Waals surface area contributed by atoms with Crippen molar-refractivity contribution in [2.75, 3.05) is 26.3 Å². The molecule has 3 aromatic rings. The monoisotopic (exact) mass is 545 g/mol. The van der Waals surface area contributed by atoms with E-state index in [-0.39, 0.29) is 29.4 Å². The molecule has 0 unspecified atom stereocenters. The summed E-state index contributed by atoms with van der Waals surface area (Å²) < 4.78 is 26.3. The summed E-state index contributed by atoms with van der Waals surface area (Å²) in [5, 5.41) is 2.50. The van der Waals surface area contributed by atoms with Gasteiger partial charge in [0.1, 0.15) is 0 Å². The average molecular weight is 546 g/mol. The van der Waals surface area contributed by atoms with Crippen molar-refractivity contribution in [3.8, 4) is 22.9 Å². The van der Waals surface area contributed by atoms with Gasteiger partial charge in [-0.1, -0.05) is 58.0 Å². The molecule has 2 aliphatic rings. The van der Waals surface area contributed by atoms with Crippen molar-refractivity contribution in [3.63, 3.8) is 0 Å². The molecular formula is C31H32FN3O5. The van der Waals surface area contributed by atoms with Crippen LogP contribution >= 0.6 is 0 Å². The summed E-state index contributed by atoms with van der Waals surface area (Å²) in [5.41, 5.74) is 1.86. The lowest BCUT2D eigenvalue weighted by Gasteiger charge is -2.37. The molecule has 1 saturated heterocycles. The Balaban J connectivity index is 1.49. The van der Waals surface area contributed by atoms with E-state index in [9.17, 15) is 18.8 Å². The third kappa shape index (κ3) is 5.09. The number of benzene rings is 2. The second-order valence-electron chi connectivity index (χ2n) is 11.0. The Hall–Kier alpha value is -4.11. The highest BCUT2D eigenvalue weighted by Gasteiger charge is 2.45. The summed E-state index contributed by atoms with van der Waals surface area (Å²) >= 11 is 0. The molecule has 0 radical (unpaired) electrons. The molecule has 0 aliphatic carbocycles. The summed E-state index contributed by atoms with van der Waals surface area (Å²) in [4.78, 5) is 45.0. The number of nitrogens with zero attached hydrogens (tertiary/aromatic N) is 2. The molecule has 3 heterocycles. The van der Waals surface area contributed by atoms with Crippen LogP contribution in [0, 0.1) is 17.2 Å². The molecule has 2 aliphatic heterocycles. The fraction of sp³-hybridized carbons (Fsp3) is 0.355. The number of amides is 3.